The van der Waals surface area contributed by atoms with Gasteiger partial charge in [-0.1, -0.05) is 35.8 Å². The fourth-order valence-electron chi connectivity index (χ4n) is 2.64. The molecule has 0 fully saturated rings. The van der Waals surface area contributed by atoms with Crippen LogP contribution in [0.3, 0.4) is 0 Å². The Bertz CT molecular complexity index is 543. The first-order chi connectivity index (χ1) is 9.52. The van der Waals surface area contributed by atoms with Crippen molar-refractivity contribution in [3.8, 4) is 0 Å². The van der Waals surface area contributed by atoms with Crippen molar-refractivity contribution in [2.24, 2.45) is 0 Å². The first-order valence-corrected chi connectivity index (χ1v) is 7.35. The van der Waals surface area contributed by atoms with Gasteiger partial charge in [-0.05, 0) is 44.9 Å². The minimum atomic E-state index is 0.196. The molecule has 1 heterocycles. The number of aryl methyl sites for hydroxylation is 2. The number of nitrogens with one attached hydrogen (secondary N) is 1. The molecule has 108 valence electrons. The summed E-state index contributed by atoms with van der Waals surface area (Å²) in [4.78, 5) is 0. The Labute approximate surface area is 125 Å². The summed E-state index contributed by atoms with van der Waals surface area (Å²) in [5, 5.41) is 8.43. The topological polar surface area (TPSA) is 38.1 Å². The molecule has 2 rings (SSSR count). The van der Waals surface area contributed by atoms with Gasteiger partial charge < -0.3 is 9.84 Å². The number of rotatable bonds is 5. The van der Waals surface area contributed by atoms with Gasteiger partial charge in [0.25, 0.3) is 0 Å². The molecule has 0 amide bonds. The van der Waals surface area contributed by atoms with Gasteiger partial charge in [0, 0.05) is 22.7 Å². The van der Waals surface area contributed by atoms with Crippen LogP contribution >= 0.6 is 11.6 Å². The lowest BCUT2D eigenvalue weighted by Gasteiger charge is -2.23. The van der Waals surface area contributed by atoms with E-state index in [1.54, 1.807) is 0 Å². The van der Waals surface area contributed by atoms with Crippen molar-refractivity contribution in [2.75, 3.05) is 0 Å². The summed E-state index contributed by atoms with van der Waals surface area (Å²) < 4.78 is 5.25. The molecule has 0 aliphatic rings. The zero-order chi connectivity index (χ0) is 14.7. The maximum Gasteiger partial charge on any atom is 0.138 e. The molecule has 20 heavy (non-hydrogen) atoms. The lowest BCUT2D eigenvalue weighted by molar-refractivity contribution is 0.388. The SMILES string of the molecule is CCC(NC(C)c1c(C)noc1C)c1ccc(Cl)cc1. The molecule has 0 spiro atoms. The van der Waals surface area contributed by atoms with Crippen molar-refractivity contribution in [1.82, 2.24) is 10.5 Å². The number of aromatic nitrogens is 1. The quantitative estimate of drug-likeness (QED) is 0.864. The summed E-state index contributed by atoms with van der Waals surface area (Å²) in [5.74, 6) is 0.883. The maximum atomic E-state index is 5.95. The Kier molecular flexibility index (Phi) is 4.84. The van der Waals surface area contributed by atoms with Crippen molar-refractivity contribution in [2.45, 2.75) is 46.2 Å². The van der Waals surface area contributed by atoms with E-state index in [9.17, 15) is 0 Å². The molecular formula is C16H21ClN2O. The van der Waals surface area contributed by atoms with Crippen LogP contribution in [0.15, 0.2) is 28.8 Å². The molecule has 4 heteroatoms. The van der Waals surface area contributed by atoms with E-state index >= 15 is 0 Å². The minimum Gasteiger partial charge on any atom is -0.361 e. The van der Waals surface area contributed by atoms with Crippen molar-refractivity contribution >= 4 is 11.6 Å². The van der Waals surface area contributed by atoms with Gasteiger partial charge in [-0.25, -0.2) is 0 Å². The highest BCUT2D eigenvalue weighted by Crippen LogP contribution is 2.26. The van der Waals surface area contributed by atoms with Crippen LogP contribution in [0.25, 0.3) is 0 Å². The molecule has 0 radical (unpaired) electrons. The Morgan fingerprint density at radius 1 is 1.25 bits per heavy atom. The van der Waals surface area contributed by atoms with E-state index in [0.29, 0.717) is 0 Å². The van der Waals surface area contributed by atoms with Crippen LogP contribution in [-0.4, -0.2) is 5.16 Å². The van der Waals surface area contributed by atoms with Crippen molar-refractivity contribution in [3.63, 3.8) is 0 Å². The Morgan fingerprint density at radius 2 is 1.90 bits per heavy atom. The summed E-state index contributed by atoms with van der Waals surface area (Å²) in [6, 6.07) is 8.49. The number of hydrogen-bond donors (Lipinski definition) is 1. The predicted octanol–water partition coefficient (Wildman–Crippen LogP) is 4.75. The highest BCUT2D eigenvalue weighted by Gasteiger charge is 2.19. The third kappa shape index (κ3) is 3.22. The summed E-state index contributed by atoms with van der Waals surface area (Å²) in [5.41, 5.74) is 3.35. The molecule has 2 aromatic rings. The van der Waals surface area contributed by atoms with Gasteiger partial charge in [0.15, 0.2) is 0 Å². The second-order valence-corrected chi connectivity index (χ2v) is 5.58. The number of nitrogens with zero attached hydrogens (tertiary/aromatic N) is 1. The summed E-state index contributed by atoms with van der Waals surface area (Å²) in [7, 11) is 0. The van der Waals surface area contributed by atoms with Crippen LogP contribution in [0.2, 0.25) is 5.02 Å². The van der Waals surface area contributed by atoms with Crippen LogP contribution in [0, 0.1) is 13.8 Å². The minimum absolute atomic E-state index is 0.196. The second-order valence-electron chi connectivity index (χ2n) is 5.14. The van der Waals surface area contributed by atoms with E-state index in [4.69, 9.17) is 16.1 Å². The highest BCUT2D eigenvalue weighted by atomic mass is 35.5. The average Bonchev–Trinajstić information content (AvgIpc) is 2.76. The largest absolute Gasteiger partial charge is 0.361 e. The van der Waals surface area contributed by atoms with Crippen LogP contribution in [0.5, 0.6) is 0 Å². The molecule has 1 aromatic heterocycles. The molecule has 0 aliphatic carbocycles. The first kappa shape index (κ1) is 15.1. The van der Waals surface area contributed by atoms with Gasteiger partial charge >= 0.3 is 0 Å². The van der Waals surface area contributed by atoms with Crippen LogP contribution < -0.4 is 5.32 Å². The zero-order valence-electron chi connectivity index (χ0n) is 12.4. The summed E-state index contributed by atoms with van der Waals surface area (Å²) in [6.45, 7) is 8.25. The molecule has 0 aliphatic heterocycles. The maximum absolute atomic E-state index is 5.95. The molecule has 0 saturated heterocycles. The Hall–Kier alpha value is -1.32. The lowest BCUT2D eigenvalue weighted by Crippen LogP contribution is -2.24. The second kappa shape index (κ2) is 6.42. The molecule has 1 aromatic carbocycles. The van der Waals surface area contributed by atoms with Crippen LogP contribution in [-0.2, 0) is 0 Å². The fraction of sp³-hybridized carbons (Fsp3) is 0.438. The van der Waals surface area contributed by atoms with E-state index < -0.39 is 0 Å². The number of halogens is 1. The van der Waals surface area contributed by atoms with Gasteiger partial charge in [-0.2, -0.15) is 0 Å². The van der Waals surface area contributed by atoms with Crippen molar-refractivity contribution in [1.29, 1.82) is 0 Å². The lowest BCUT2D eigenvalue weighted by atomic mass is 10.0. The fourth-order valence-corrected chi connectivity index (χ4v) is 2.76. The third-order valence-corrected chi connectivity index (χ3v) is 3.91. The van der Waals surface area contributed by atoms with E-state index in [1.165, 1.54) is 5.56 Å². The molecular weight excluding hydrogens is 272 g/mol. The zero-order valence-corrected chi connectivity index (χ0v) is 13.2. The third-order valence-electron chi connectivity index (χ3n) is 3.65. The Balaban J connectivity index is 2.16. The monoisotopic (exact) mass is 292 g/mol. The molecule has 0 bridgehead atoms. The first-order valence-electron chi connectivity index (χ1n) is 6.97. The van der Waals surface area contributed by atoms with Crippen LogP contribution in [0.1, 0.15) is 54.9 Å². The van der Waals surface area contributed by atoms with Gasteiger partial charge in [0.05, 0.1) is 5.69 Å². The predicted molar refractivity (Wildman–Crippen MR) is 82.0 cm³/mol. The van der Waals surface area contributed by atoms with Gasteiger partial charge in [0.2, 0.25) is 0 Å². The normalized spacial score (nSPS) is 14.2. The summed E-state index contributed by atoms with van der Waals surface area (Å²) >= 11 is 5.95. The molecule has 3 nitrogen and oxygen atoms in total. The highest BCUT2D eigenvalue weighted by molar-refractivity contribution is 6.30. The molecule has 2 atom stereocenters. The smallest absolute Gasteiger partial charge is 0.138 e. The molecule has 2 unspecified atom stereocenters. The van der Waals surface area contributed by atoms with Crippen LogP contribution in [0.4, 0.5) is 0 Å². The number of hydrogen-bond acceptors (Lipinski definition) is 3. The molecule has 1 N–H and O–H groups in total. The Morgan fingerprint density at radius 3 is 2.40 bits per heavy atom. The number of benzene rings is 1. The standard InChI is InChI=1S/C16H21ClN2O/c1-5-15(13-6-8-14(17)9-7-13)18-10(2)16-11(3)19-20-12(16)4/h6-10,15,18H,5H2,1-4H3. The summed E-state index contributed by atoms with van der Waals surface area (Å²) in [6.07, 6.45) is 1.01. The van der Waals surface area contributed by atoms with E-state index in [1.807, 2.05) is 26.0 Å². The average molecular weight is 293 g/mol. The van der Waals surface area contributed by atoms with Gasteiger partial charge in [-0.3, -0.25) is 0 Å². The molecule has 0 saturated carbocycles. The van der Waals surface area contributed by atoms with Crippen molar-refractivity contribution in [3.05, 3.63) is 51.9 Å². The van der Waals surface area contributed by atoms with Gasteiger partial charge in [0.1, 0.15) is 5.76 Å². The van der Waals surface area contributed by atoms with Crippen molar-refractivity contribution < 1.29 is 4.52 Å². The van der Waals surface area contributed by atoms with Gasteiger partial charge in [-0.15, -0.1) is 0 Å². The van der Waals surface area contributed by atoms with E-state index in [-0.39, 0.29) is 12.1 Å². The van der Waals surface area contributed by atoms with E-state index in [0.717, 1.165) is 28.5 Å². The van der Waals surface area contributed by atoms with E-state index in [2.05, 4.69) is 36.5 Å².